The van der Waals surface area contributed by atoms with E-state index < -0.39 is 0 Å². The lowest BCUT2D eigenvalue weighted by Gasteiger charge is -2.31. The summed E-state index contributed by atoms with van der Waals surface area (Å²) in [7, 11) is 0. The number of hydrogen-bond acceptors (Lipinski definition) is 1. The molecule has 1 nitrogen and oxygen atoms in total. The predicted molar refractivity (Wildman–Crippen MR) is 35.8 cm³/mol. The summed E-state index contributed by atoms with van der Waals surface area (Å²) >= 11 is 0. The fourth-order valence-electron chi connectivity index (χ4n) is 1.05. The Morgan fingerprint density at radius 3 is 2.38 bits per heavy atom. The summed E-state index contributed by atoms with van der Waals surface area (Å²) in [6, 6.07) is 0. The first-order valence-corrected chi connectivity index (χ1v) is 3.55. The van der Waals surface area contributed by atoms with Crippen LogP contribution in [0.25, 0.3) is 0 Å². The van der Waals surface area contributed by atoms with E-state index in [0.29, 0.717) is 0 Å². The van der Waals surface area contributed by atoms with Crippen molar-refractivity contribution >= 4 is 0 Å². The molecule has 1 rings (SSSR count). The van der Waals surface area contributed by atoms with E-state index in [-0.39, 0.29) is 0 Å². The van der Waals surface area contributed by atoms with Gasteiger partial charge in [-0.15, -0.1) is 0 Å². The van der Waals surface area contributed by atoms with E-state index >= 15 is 0 Å². The molecule has 1 saturated heterocycles. The second-order valence-electron chi connectivity index (χ2n) is 2.80. The van der Waals surface area contributed by atoms with Crippen LogP contribution in [-0.4, -0.2) is 13.1 Å². The summed E-state index contributed by atoms with van der Waals surface area (Å²) < 4.78 is 0. The quantitative estimate of drug-likeness (QED) is 0.568. The molecule has 0 aliphatic carbocycles. The zero-order chi connectivity index (χ0) is 5.98. The first kappa shape index (κ1) is 6.09. The van der Waals surface area contributed by atoms with Gasteiger partial charge >= 0.3 is 0 Å². The van der Waals surface area contributed by atoms with Gasteiger partial charge < -0.3 is 5.32 Å². The van der Waals surface area contributed by atoms with E-state index in [4.69, 9.17) is 0 Å². The Morgan fingerprint density at radius 2 is 2.25 bits per heavy atom. The standard InChI is InChI=1S/C7H15N/c1-3-6(2)7-4-8-5-7/h6-8H,3-5H2,1-2H3/t6-/m1/s1. The Hall–Kier alpha value is -0.0400. The highest BCUT2D eigenvalue weighted by atomic mass is 14.9. The van der Waals surface area contributed by atoms with Crippen molar-refractivity contribution in [3.8, 4) is 0 Å². The van der Waals surface area contributed by atoms with Crippen LogP contribution in [0.4, 0.5) is 0 Å². The molecular formula is C7H15N. The molecule has 0 unspecified atom stereocenters. The lowest BCUT2D eigenvalue weighted by Crippen LogP contribution is -2.45. The molecule has 1 heterocycles. The third-order valence-corrected chi connectivity index (χ3v) is 2.26. The van der Waals surface area contributed by atoms with Gasteiger partial charge in [0.1, 0.15) is 0 Å². The van der Waals surface area contributed by atoms with E-state index in [1.165, 1.54) is 19.5 Å². The highest BCUT2D eigenvalue weighted by molar-refractivity contribution is 4.78. The maximum absolute atomic E-state index is 3.28. The van der Waals surface area contributed by atoms with Crippen LogP contribution in [0, 0.1) is 11.8 Å². The molecular weight excluding hydrogens is 98.1 g/mol. The van der Waals surface area contributed by atoms with Crippen molar-refractivity contribution in [3.05, 3.63) is 0 Å². The fourth-order valence-corrected chi connectivity index (χ4v) is 1.05. The molecule has 0 radical (unpaired) electrons. The van der Waals surface area contributed by atoms with Crippen molar-refractivity contribution in [2.24, 2.45) is 11.8 Å². The topological polar surface area (TPSA) is 12.0 Å². The van der Waals surface area contributed by atoms with Crippen LogP contribution in [0.1, 0.15) is 20.3 Å². The zero-order valence-corrected chi connectivity index (χ0v) is 5.78. The second kappa shape index (κ2) is 2.49. The van der Waals surface area contributed by atoms with Crippen LogP contribution >= 0.6 is 0 Å². The Kier molecular flexibility index (Phi) is 1.90. The smallest absolute Gasteiger partial charge is 0.000570 e. The zero-order valence-electron chi connectivity index (χ0n) is 5.78. The Morgan fingerprint density at radius 1 is 1.62 bits per heavy atom. The van der Waals surface area contributed by atoms with Crippen molar-refractivity contribution in [2.75, 3.05) is 13.1 Å². The van der Waals surface area contributed by atoms with E-state index in [0.717, 1.165) is 11.8 Å². The van der Waals surface area contributed by atoms with E-state index in [2.05, 4.69) is 19.2 Å². The van der Waals surface area contributed by atoms with Crippen molar-refractivity contribution in [1.82, 2.24) is 5.32 Å². The molecule has 1 aliphatic rings. The summed E-state index contributed by atoms with van der Waals surface area (Å²) in [5.74, 6) is 1.93. The monoisotopic (exact) mass is 113 g/mol. The van der Waals surface area contributed by atoms with Crippen LogP contribution in [0.5, 0.6) is 0 Å². The molecule has 1 N–H and O–H groups in total. The van der Waals surface area contributed by atoms with E-state index in [1.807, 2.05) is 0 Å². The number of hydrogen-bond donors (Lipinski definition) is 1. The third-order valence-electron chi connectivity index (χ3n) is 2.26. The minimum absolute atomic E-state index is 0.941. The maximum Gasteiger partial charge on any atom is -0.000570 e. The summed E-state index contributed by atoms with van der Waals surface area (Å²) in [5.41, 5.74) is 0. The third kappa shape index (κ3) is 1.03. The van der Waals surface area contributed by atoms with Gasteiger partial charge in [0.15, 0.2) is 0 Å². The van der Waals surface area contributed by atoms with Crippen LogP contribution in [0.3, 0.4) is 0 Å². The summed E-state index contributed by atoms with van der Waals surface area (Å²) in [6.07, 6.45) is 1.34. The van der Waals surface area contributed by atoms with E-state index in [9.17, 15) is 0 Å². The summed E-state index contributed by atoms with van der Waals surface area (Å²) in [4.78, 5) is 0. The fraction of sp³-hybridized carbons (Fsp3) is 1.00. The van der Waals surface area contributed by atoms with Gasteiger partial charge in [0, 0.05) is 0 Å². The van der Waals surface area contributed by atoms with Crippen molar-refractivity contribution in [1.29, 1.82) is 0 Å². The van der Waals surface area contributed by atoms with E-state index in [1.54, 1.807) is 0 Å². The van der Waals surface area contributed by atoms with Gasteiger partial charge in [-0.3, -0.25) is 0 Å². The molecule has 0 aromatic carbocycles. The lowest BCUT2D eigenvalue weighted by atomic mass is 9.87. The highest BCUT2D eigenvalue weighted by Crippen LogP contribution is 2.17. The summed E-state index contributed by atoms with van der Waals surface area (Å²) in [5, 5.41) is 3.28. The van der Waals surface area contributed by atoms with Crippen molar-refractivity contribution < 1.29 is 0 Å². The largest absolute Gasteiger partial charge is 0.316 e. The molecule has 8 heavy (non-hydrogen) atoms. The van der Waals surface area contributed by atoms with Crippen molar-refractivity contribution in [3.63, 3.8) is 0 Å². The second-order valence-corrected chi connectivity index (χ2v) is 2.80. The van der Waals surface area contributed by atoms with Crippen LogP contribution < -0.4 is 5.32 Å². The molecule has 48 valence electrons. The molecule has 1 heteroatoms. The molecule has 0 aromatic rings. The summed E-state index contributed by atoms with van der Waals surface area (Å²) in [6.45, 7) is 7.12. The molecule has 1 fully saturated rings. The normalized spacial score (nSPS) is 24.8. The van der Waals surface area contributed by atoms with Crippen LogP contribution in [0.15, 0.2) is 0 Å². The minimum Gasteiger partial charge on any atom is -0.316 e. The van der Waals surface area contributed by atoms with Gasteiger partial charge in [0.2, 0.25) is 0 Å². The SMILES string of the molecule is CC[C@@H](C)C1CNC1. The Labute approximate surface area is 51.5 Å². The maximum atomic E-state index is 3.28. The molecule has 0 saturated carbocycles. The average molecular weight is 113 g/mol. The molecule has 1 aliphatic heterocycles. The van der Waals surface area contributed by atoms with Crippen LogP contribution in [-0.2, 0) is 0 Å². The first-order valence-electron chi connectivity index (χ1n) is 3.55. The Bertz CT molecular complexity index is 64.0. The molecule has 0 spiro atoms. The molecule has 1 atom stereocenters. The Balaban J connectivity index is 2.13. The van der Waals surface area contributed by atoms with Gasteiger partial charge in [-0.05, 0) is 24.9 Å². The minimum atomic E-state index is 0.941. The van der Waals surface area contributed by atoms with Gasteiger partial charge in [-0.2, -0.15) is 0 Å². The first-order chi connectivity index (χ1) is 3.84. The lowest BCUT2D eigenvalue weighted by molar-refractivity contribution is 0.244. The van der Waals surface area contributed by atoms with Crippen molar-refractivity contribution in [2.45, 2.75) is 20.3 Å². The predicted octanol–water partition coefficient (Wildman–Crippen LogP) is 1.25. The van der Waals surface area contributed by atoms with Gasteiger partial charge in [0.25, 0.3) is 0 Å². The molecule has 0 bridgehead atoms. The average Bonchev–Trinajstić information content (AvgIpc) is 1.62. The number of nitrogens with one attached hydrogen (secondary N) is 1. The number of rotatable bonds is 2. The molecule has 0 amide bonds. The van der Waals surface area contributed by atoms with Gasteiger partial charge in [0.05, 0.1) is 0 Å². The molecule has 0 aromatic heterocycles. The van der Waals surface area contributed by atoms with Crippen LogP contribution in [0.2, 0.25) is 0 Å². The van der Waals surface area contributed by atoms with Gasteiger partial charge in [-0.25, -0.2) is 0 Å². The highest BCUT2D eigenvalue weighted by Gasteiger charge is 2.21. The van der Waals surface area contributed by atoms with Gasteiger partial charge in [-0.1, -0.05) is 20.3 Å².